The van der Waals surface area contributed by atoms with Gasteiger partial charge < -0.3 is 25.7 Å². The highest BCUT2D eigenvalue weighted by atomic mass is 32.2. The van der Waals surface area contributed by atoms with Gasteiger partial charge >= 0.3 is 18.0 Å². The third-order valence-corrected chi connectivity index (χ3v) is 7.91. The van der Waals surface area contributed by atoms with Crippen LogP contribution in [0.5, 0.6) is 0 Å². The fourth-order valence-electron chi connectivity index (χ4n) is 4.30. The lowest BCUT2D eigenvalue weighted by Crippen LogP contribution is -2.64. The molecule has 1 saturated heterocycles. The summed E-state index contributed by atoms with van der Waals surface area (Å²) in [7, 11) is 0. The highest BCUT2D eigenvalue weighted by Gasteiger charge is 2.61. The standard InChI is InChI=1S/C26H30FN3O6S/c1-15(22(32)33)16-8-7-9-17(12-16)29-24(36)28-13-20(31)30-21(18-10-5-6-11-19(18)27)37-14-26(30,23(34)35)25(2,3)4/h5-12,15,21H,13-14H2,1-4H3,(H,32,33)(H,34,35)(H2,28,29,36)/t15?,21?,26-/m0/s1. The Morgan fingerprint density at radius 1 is 1.14 bits per heavy atom. The molecule has 0 aromatic heterocycles. The average Bonchev–Trinajstić information content (AvgIpc) is 3.24. The van der Waals surface area contributed by atoms with E-state index in [1.807, 2.05) is 0 Å². The van der Waals surface area contributed by atoms with E-state index in [0.29, 0.717) is 11.3 Å². The van der Waals surface area contributed by atoms with Gasteiger partial charge in [0.05, 0.1) is 12.5 Å². The van der Waals surface area contributed by atoms with E-state index in [9.17, 15) is 33.8 Å². The summed E-state index contributed by atoms with van der Waals surface area (Å²) in [6.07, 6.45) is 0. The molecule has 0 spiro atoms. The number of benzene rings is 2. The Morgan fingerprint density at radius 3 is 2.41 bits per heavy atom. The molecular weight excluding hydrogens is 501 g/mol. The predicted octanol–water partition coefficient (Wildman–Crippen LogP) is 4.28. The molecule has 11 heteroatoms. The van der Waals surface area contributed by atoms with Gasteiger partial charge in [-0.15, -0.1) is 11.8 Å². The van der Waals surface area contributed by atoms with E-state index in [0.717, 1.165) is 11.8 Å². The van der Waals surface area contributed by atoms with Crippen LogP contribution in [0.4, 0.5) is 14.9 Å². The van der Waals surface area contributed by atoms with Crippen LogP contribution >= 0.6 is 11.8 Å². The number of aliphatic carboxylic acids is 2. The highest BCUT2D eigenvalue weighted by Crippen LogP contribution is 2.53. The summed E-state index contributed by atoms with van der Waals surface area (Å²) in [6.45, 7) is 6.10. The van der Waals surface area contributed by atoms with Crippen molar-refractivity contribution >= 4 is 41.3 Å². The maximum Gasteiger partial charge on any atom is 0.331 e. The van der Waals surface area contributed by atoms with Crippen molar-refractivity contribution < 1.29 is 33.8 Å². The van der Waals surface area contributed by atoms with Gasteiger partial charge in [-0.05, 0) is 36.1 Å². The third-order valence-electron chi connectivity index (χ3n) is 6.55. The lowest BCUT2D eigenvalue weighted by molar-refractivity contribution is -0.165. The van der Waals surface area contributed by atoms with Crippen molar-refractivity contribution in [3.63, 3.8) is 0 Å². The Morgan fingerprint density at radius 2 is 1.81 bits per heavy atom. The number of hydrogen-bond acceptors (Lipinski definition) is 5. The zero-order valence-electron chi connectivity index (χ0n) is 20.9. The quantitative estimate of drug-likeness (QED) is 0.419. The van der Waals surface area contributed by atoms with Crippen LogP contribution in [0.3, 0.4) is 0 Å². The second-order valence-electron chi connectivity index (χ2n) is 9.86. The number of hydrogen-bond donors (Lipinski definition) is 4. The number of carbonyl (C=O) groups is 4. The Labute approximate surface area is 218 Å². The minimum atomic E-state index is -1.65. The summed E-state index contributed by atoms with van der Waals surface area (Å²) in [5.74, 6) is -4.21. The molecule has 1 aliphatic rings. The van der Waals surface area contributed by atoms with Gasteiger partial charge in [-0.25, -0.2) is 14.0 Å². The minimum absolute atomic E-state index is 0.0390. The zero-order chi connectivity index (χ0) is 27.5. The van der Waals surface area contributed by atoms with Crippen molar-refractivity contribution in [1.29, 1.82) is 0 Å². The lowest BCUT2D eigenvalue weighted by atomic mass is 9.73. The van der Waals surface area contributed by atoms with Crippen molar-refractivity contribution in [2.24, 2.45) is 5.41 Å². The van der Waals surface area contributed by atoms with Crippen LogP contribution in [0.2, 0.25) is 0 Å². The average molecular weight is 532 g/mol. The van der Waals surface area contributed by atoms with Crippen LogP contribution in [-0.4, -0.2) is 56.8 Å². The van der Waals surface area contributed by atoms with Gasteiger partial charge in [-0.2, -0.15) is 0 Å². The first-order valence-corrected chi connectivity index (χ1v) is 12.6. The van der Waals surface area contributed by atoms with Crippen LogP contribution in [0.1, 0.15) is 50.1 Å². The van der Waals surface area contributed by atoms with Crippen LogP contribution in [0, 0.1) is 11.2 Å². The fourth-order valence-corrected chi connectivity index (χ4v) is 6.21. The molecule has 4 N–H and O–H groups in total. The summed E-state index contributed by atoms with van der Waals surface area (Å²) >= 11 is 1.16. The SMILES string of the molecule is CC(C(=O)O)c1cccc(NC(=O)NCC(=O)N2C(c3ccccc3F)SC[C@]2(C(=O)O)C(C)(C)C)c1. The lowest BCUT2D eigenvalue weighted by Gasteiger charge is -2.45. The van der Waals surface area contributed by atoms with Gasteiger partial charge in [-0.3, -0.25) is 9.59 Å². The third kappa shape index (κ3) is 5.56. The minimum Gasteiger partial charge on any atom is -0.481 e. The second-order valence-corrected chi connectivity index (χ2v) is 10.9. The maximum absolute atomic E-state index is 14.7. The van der Waals surface area contributed by atoms with Crippen LogP contribution in [0.25, 0.3) is 0 Å². The van der Waals surface area contributed by atoms with Gasteiger partial charge in [-0.1, -0.05) is 51.1 Å². The van der Waals surface area contributed by atoms with Gasteiger partial charge in [0.1, 0.15) is 11.2 Å². The summed E-state index contributed by atoms with van der Waals surface area (Å²) in [6, 6.07) is 11.5. The number of anilines is 1. The summed E-state index contributed by atoms with van der Waals surface area (Å²) in [4.78, 5) is 51.1. The number of thioether (sulfide) groups is 1. The Hall–Kier alpha value is -3.60. The molecule has 37 heavy (non-hydrogen) atoms. The molecule has 0 radical (unpaired) electrons. The molecule has 0 aliphatic carbocycles. The van der Waals surface area contributed by atoms with Crippen LogP contribution < -0.4 is 10.6 Å². The van der Waals surface area contributed by atoms with Crippen molar-refractivity contribution in [3.05, 3.63) is 65.5 Å². The predicted molar refractivity (Wildman–Crippen MR) is 138 cm³/mol. The van der Waals surface area contributed by atoms with Crippen LogP contribution in [-0.2, 0) is 14.4 Å². The Kier molecular flexibility index (Phi) is 8.16. The van der Waals surface area contributed by atoms with Crippen molar-refractivity contribution in [2.75, 3.05) is 17.6 Å². The molecule has 0 saturated carbocycles. The van der Waals surface area contributed by atoms with Crippen molar-refractivity contribution in [3.8, 4) is 0 Å². The second kappa shape index (κ2) is 10.8. The van der Waals surface area contributed by atoms with E-state index in [1.165, 1.54) is 36.1 Å². The number of carboxylic acid groups (broad SMARTS) is 2. The molecule has 2 unspecified atom stereocenters. The summed E-state index contributed by atoms with van der Waals surface area (Å²) in [5.41, 5.74) is -1.57. The monoisotopic (exact) mass is 531 g/mol. The number of nitrogens with zero attached hydrogens (tertiary/aromatic N) is 1. The van der Waals surface area contributed by atoms with Crippen molar-refractivity contribution in [2.45, 2.75) is 44.5 Å². The molecule has 0 bridgehead atoms. The topological polar surface area (TPSA) is 136 Å². The highest BCUT2D eigenvalue weighted by molar-refractivity contribution is 7.99. The van der Waals surface area contributed by atoms with E-state index < -0.39 is 58.5 Å². The normalized spacial score (nSPS) is 20.2. The van der Waals surface area contributed by atoms with Crippen LogP contribution in [0.15, 0.2) is 48.5 Å². The van der Waals surface area contributed by atoms with Gasteiger partial charge in [0.25, 0.3) is 0 Å². The number of urea groups is 1. The first-order chi connectivity index (χ1) is 17.3. The molecule has 1 aliphatic heterocycles. The number of amides is 3. The molecule has 198 valence electrons. The Balaban J connectivity index is 1.83. The fraction of sp³-hybridized carbons (Fsp3) is 0.385. The zero-order valence-corrected chi connectivity index (χ0v) is 21.8. The summed E-state index contributed by atoms with van der Waals surface area (Å²) < 4.78 is 14.7. The number of rotatable bonds is 7. The number of carboxylic acids is 2. The number of nitrogens with one attached hydrogen (secondary N) is 2. The first kappa shape index (κ1) is 28.0. The van der Waals surface area contributed by atoms with Gasteiger partial charge in [0, 0.05) is 17.0 Å². The molecular formula is C26H30FN3O6S. The first-order valence-electron chi connectivity index (χ1n) is 11.6. The smallest absolute Gasteiger partial charge is 0.331 e. The van der Waals surface area contributed by atoms with Gasteiger partial charge in [0.15, 0.2) is 5.54 Å². The maximum atomic E-state index is 14.7. The summed E-state index contributed by atoms with van der Waals surface area (Å²) in [5, 5.41) is 23.6. The van der Waals surface area contributed by atoms with E-state index in [1.54, 1.807) is 45.0 Å². The molecule has 2 aromatic carbocycles. The van der Waals surface area contributed by atoms with Gasteiger partial charge in [0.2, 0.25) is 5.91 Å². The largest absolute Gasteiger partial charge is 0.481 e. The van der Waals surface area contributed by atoms with E-state index in [-0.39, 0.29) is 11.3 Å². The molecule has 9 nitrogen and oxygen atoms in total. The molecule has 3 amide bonds. The van der Waals surface area contributed by atoms with E-state index >= 15 is 0 Å². The number of halogens is 1. The molecule has 3 rings (SSSR count). The molecule has 2 aromatic rings. The number of carbonyl (C=O) groups excluding carboxylic acids is 2. The van der Waals surface area contributed by atoms with E-state index in [4.69, 9.17) is 0 Å². The molecule has 1 fully saturated rings. The molecule has 3 atom stereocenters. The van der Waals surface area contributed by atoms with Crippen molar-refractivity contribution in [1.82, 2.24) is 10.2 Å². The Bertz CT molecular complexity index is 1220. The molecule has 1 heterocycles. The van der Waals surface area contributed by atoms with E-state index in [2.05, 4.69) is 10.6 Å².